The number of carbonyl (C=O) groups is 1. The van der Waals surface area contributed by atoms with Gasteiger partial charge in [-0.25, -0.2) is 12.8 Å². The lowest BCUT2D eigenvalue weighted by Gasteiger charge is -2.09. The molecule has 0 heterocycles. The Bertz CT molecular complexity index is 581. The van der Waals surface area contributed by atoms with Gasteiger partial charge < -0.3 is 4.74 Å². The minimum absolute atomic E-state index is 0.000374. The van der Waals surface area contributed by atoms with Crippen LogP contribution in [0.1, 0.15) is 30.6 Å². The highest BCUT2D eigenvalue weighted by Crippen LogP contribution is 2.18. The van der Waals surface area contributed by atoms with Crippen molar-refractivity contribution < 1.29 is 22.3 Å². The summed E-state index contributed by atoms with van der Waals surface area (Å²) in [4.78, 5) is 11.9. The summed E-state index contributed by atoms with van der Waals surface area (Å²) in [7, 11) is -2.16. The number of benzene rings is 1. The van der Waals surface area contributed by atoms with E-state index in [1.54, 1.807) is 0 Å². The predicted octanol–water partition coefficient (Wildman–Crippen LogP) is 2.48. The van der Waals surface area contributed by atoms with Crippen molar-refractivity contribution in [3.8, 4) is 5.75 Å². The Morgan fingerprint density at radius 2 is 2.05 bits per heavy atom. The first kappa shape index (κ1) is 16.6. The van der Waals surface area contributed by atoms with Crippen LogP contribution < -0.4 is 4.74 Å². The Labute approximate surface area is 118 Å². The molecule has 0 aromatic heterocycles. The summed E-state index contributed by atoms with van der Waals surface area (Å²) in [5.41, 5.74) is 0.0380. The highest BCUT2D eigenvalue weighted by atomic mass is 32.2. The second-order valence-corrected chi connectivity index (χ2v) is 6.95. The smallest absolute Gasteiger partial charge is 0.177 e. The van der Waals surface area contributed by atoms with E-state index in [-0.39, 0.29) is 23.0 Å². The molecular formula is C14H19FO4S. The summed E-state index contributed by atoms with van der Waals surface area (Å²) in [6.07, 6.45) is 0.727. The van der Waals surface area contributed by atoms with Gasteiger partial charge in [-0.05, 0) is 24.1 Å². The van der Waals surface area contributed by atoms with Gasteiger partial charge in [0.2, 0.25) is 0 Å². The van der Waals surface area contributed by atoms with Gasteiger partial charge in [0.05, 0.1) is 12.9 Å². The monoisotopic (exact) mass is 302 g/mol. The zero-order valence-electron chi connectivity index (χ0n) is 11.8. The van der Waals surface area contributed by atoms with Crippen LogP contribution in [-0.2, 0) is 9.84 Å². The van der Waals surface area contributed by atoms with Gasteiger partial charge in [0.25, 0.3) is 0 Å². The molecule has 0 aliphatic rings. The Kier molecular flexibility index (Phi) is 5.68. The molecule has 0 saturated carbocycles. The molecule has 112 valence electrons. The van der Waals surface area contributed by atoms with Gasteiger partial charge in [-0.1, -0.05) is 20.3 Å². The van der Waals surface area contributed by atoms with E-state index in [4.69, 9.17) is 4.74 Å². The molecule has 0 aliphatic carbocycles. The molecule has 0 aliphatic heterocycles. The molecular weight excluding hydrogens is 283 g/mol. The minimum Gasteiger partial charge on any atom is -0.494 e. The molecule has 0 amide bonds. The first-order chi connectivity index (χ1) is 9.29. The third-order valence-electron chi connectivity index (χ3n) is 3.06. The molecule has 0 spiro atoms. The van der Waals surface area contributed by atoms with Crippen LogP contribution in [0.4, 0.5) is 4.39 Å². The number of sulfone groups is 1. The van der Waals surface area contributed by atoms with Crippen LogP contribution in [0.3, 0.4) is 0 Å². The van der Waals surface area contributed by atoms with Crippen LogP contribution in [-0.4, -0.2) is 32.8 Å². The van der Waals surface area contributed by atoms with Crippen molar-refractivity contribution in [2.75, 3.05) is 18.6 Å². The Balaban J connectivity index is 2.83. The maximum Gasteiger partial charge on any atom is 0.177 e. The zero-order valence-corrected chi connectivity index (χ0v) is 12.7. The molecule has 0 fully saturated rings. The molecule has 0 saturated heterocycles. The van der Waals surface area contributed by atoms with E-state index in [1.807, 2.05) is 13.8 Å². The number of methoxy groups -OCH3 is 1. The molecule has 1 aromatic carbocycles. The van der Waals surface area contributed by atoms with E-state index in [0.29, 0.717) is 0 Å². The Morgan fingerprint density at radius 3 is 2.55 bits per heavy atom. The van der Waals surface area contributed by atoms with Gasteiger partial charge in [-0.3, -0.25) is 4.79 Å². The lowest BCUT2D eigenvalue weighted by molar-refractivity contribution is 0.102. The van der Waals surface area contributed by atoms with Crippen LogP contribution >= 0.6 is 0 Å². The van der Waals surface area contributed by atoms with Crippen molar-refractivity contribution in [3.05, 3.63) is 29.6 Å². The van der Waals surface area contributed by atoms with Crippen molar-refractivity contribution in [2.24, 2.45) is 5.92 Å². The van der Waals surface area contributed by atoms with Gasteiger partial charge in [0.15, 0.2) is 27.2 Å². The molecule has 20 heavy (non-hydrogen) atoms. The third kappa shape index (κ3) is 4.59. The molecule has 0 radical (unpaired) electrons. The largest absolute Gasteiger partial charge is 0.494 e. The van der Waals surface area contributed by atoms with E-state index in [9.17, 15) is 17.6 Å². The van der Waals surface area contributed by atoms with E-state index >= 15 is 0 Å². The highest BCUT2D eigenvalue weighted by Gasteiger charge is 2.21. The Hall–Kier alpha value is -1.43. The molecule has 1 unspecified atom stereocenters. The van der Waals surface area contributed by atoms with Crippen molar-refractivity contribution in [1.29, 1.82) is 0 Å². The maximum absolute atomic E-state index is 13.5. The van der Waals surface area contributed by atoms with Crippen LogP contribution in [0, 0.1) is 11.7 Å². The first-order valence-electron chi connectivity index (χ1n) is 6.36. The molecule has 1 aromatic rings. The second kappa shape index (κ2) is 6.83. The third-order valence-corrected chi connectivity index (χ3v) is 4.84. The average molecular weight is 302 g/mol. The number of hydrogen-bond acceptors (Lipinski definition) is 4. The quantitative estimate of drug-likeness (QED) is 0.726. The SMILES string of the molecule is CCC(C)CS(=O)(=O)CC(=O)c1ccc(OC)c(F)c1. The van der Waals surface area contributed by atoms with Crippen LogP contribution in [0.25, 0.3) is 0 Å². The minimum atomic E-state index is -3.47. The zero-order chi connectivity index (χ0) is 15.3. The number of rotatable bonds is 7. The Morgan fingerprint density at radius 1 is 1.40 bits per heavy atom. The summed E-state index contributed by atoms with van der Waals surface area (Å²) < 4.78 is 41.9. The van der Waals surface area contributed by atoms with Crippen molar-refractivity contribution in [2.45, 2.75) is 20.3 Å². The number of carbonyl (C=O) groups excluding carboxylic acids is 1. The standard InChI is InChI=1S/C14H19FO4S/c1-4-10(2)8-20(17,18)9-13(16)11-5-6-14(19-3)12(15)7-11/h5-7,10H,4,8-9H2,1-3H3. The van der Waals surface area contributed by atoms with Gasteiger partial charge in [0.1, 0.15) is 5.75 Å². The van der Waals surface area contributed by atoms with E-state index in [1.165, 1.54) is 19.2 Å². The summed E-state index contributed by atoms with van der Waals surface area (Å²) >= 11 is 0. The fourth-order valence-electron chi connectivity index (χ4n) is 1.73. The summed E-state index contributed by atoms with van der Waals surface area (Å²) in [5.74, 6) is -1.89. The van der Waals surface area contributed by atoms with Crippen LogP contribution in [0.15, 0.2) is 18.2 Å². The first-order valence-corrected chi connectivity index (χ1v) is 8.18. The summed E-state index contributed by atoms with van der Waals surface area (Å²) in [5, 5.41) is 0. The molecule has 4 nitrogen and oxygen atoms in total. The van der Waals surface area contributed by atoms with Crippen LogP contribution in [0.5, 0.6) is 5.75 Å². The summed E-state index contributed by atoms with van der Waals surface area (Å²) in [6.45, 7) is 3.70. The number of halogens is 1. The van der Waals surface area contributed by atoms with Crippen LogP contribution in [0.2, 0.25) is 0 Å². The second-order valence-electron chi connectivity index (χ2n) is 4.84. The van der Waals surface area contributed by atoms with Gasteiger partial charge in [-0.2, -0.15) is 0 Å². The van der Waals surface area contributed by atoms with Crippen molar-refractivity contribution >= 4 is 15.6 Å². The highest BCUT2D eigenvalue weighted by molar-refractivity contribution is 7.92. The average Bonchev–Trinajstić information content (AvgIpc) is 2.37. The van der Waals surface area contributed by atoms with E-state index < -0.39 is 27.2 Å². The molecule has 1 atom stereocenters. The normalized spacial score (nSPS) is 13.0. The van der Waals surface area contributed by atoms with Gasteiger partial charge in [-0.15, -0.1) is 0 Å². The maximum atomic E-state index is 13.5. The van der Waals surface area contributed by atoms with Gasteiger partial charge >= 0.3 is 0 Å². The molecule has 1 rings (SSSR count). The summed E-state index contributed by atoms with van der Waals surface area (Å²) in [6, 6.07) is 3.67. The lowest BCUT2D eigenvalue weighted by Crippen LogP contribution is -2.22. The fourth-order valence-corrected chi connectivity index (χ4v) is 3.52. The molecule has 0 N–H and O–H groups in total. The number of ketones is 1. The van der Waals surface area contributed by atoms with Gasteiger partial charge in [0, 0.05) is 5.56 Å². The molecule has 0 bridgehead atoms. The molecule has 6 heteroatoms. The number of hydrogen-bond donors (Lipinski definition) is 0. The van der Waals surface area contributed by atoms with E-state index in [2.05, 4.69) is 0 Å². The number of ether oxygens (including phenoxy) is 1. The predicted molar refractivity (Wildman–Crippen MR) is 75.4 cm³/mol. The number of Topliss-reactive ketones (excluding diaryl/α,β-unsaturated/α-hetero) is 1. The van der Waals surface area contributed by atoms with E-state index in [0.717, 1.165) is 12.5 Å². The lowest BCUT2D eigenvalue weighted by atomic mass is 10.1. The fraction of sp³-hybridized carbons (Fsp3) is 0.500. The van der Waals surface area contributed by atoms with Crippen molar-refractivity contribution in [1.82, 2.24) is 0 Å². The topological polar surface area (TPSA) is 60.4 Å². The van der Waals surface area contributed by atoms with Crippen molar-refractivity contribution in [3.63, 3.8) is 0 Å².